The molecule has 2 aliphatic heterocycles. The van der Waals surface area contributed by atoms with E-state index in [9.17, 15) is 9.90 Å². The summed E-state index contributed by atoms with van der Waals surface area (Å²) in [5.41, 5.74) is 0.934. The van der Waals surface area contributed by atoms with Gasteiger partial charge in [0.1, 0.15) is 18.4 Å². The first-order chi connectivity index (χ1) is 13.2. The summed E-state index contributed by atoms with van der Waals surface area (Å²) in [6, 6.07) is 3.71. The van der Waals surface area contributed by atoms with E-state index in [1.165, 1.54) is 12.6 Å². The fourth-order valence-corrected chi connectivity index (χ4v) is 2.51. The van der Waals surface area contributed by atoms with Crippen LogP contribution in [0.25, 0.3) is 6.08 Å². The van der Waals surface area contributed by atoms with Crippen molar-refractivity contribution in [1.29, 1.82) is 0 Å². The van der Waals surface area contributed by atoms with Gasteiger partial charge < -0.3 is 19.5 Å². The van der Waals surface area contributed by atoms with E-state index in [0.29, 0.717) is 19.0 Å². The molecule has 0 saturated heterocycles. The number of aliphatic imine (C=N–C) groups is 1. The quantitative estimate of drug-likeness (QED) is 0.824. The first-order valence-electron chi connectivity index (χ1n) is 8.37. The van der Waals surface area contributed by atoms with E-state index in [0.717, 1.165) is 5.56 Å². The van der Waals surface area contributed by atoms with Gasteiger partial charge in [0.15, 0.2) is 6.40 Å². The number of aliphatic carboxylic acids is 1. The topological polar surface area (TPSA) is 84.2 Å². The van der Waals surface area contributed by atoms with Crippen molar-refractivity contribution in [2.45, 2.75) is 6.10 Å². The Kier molecular flexibility index (Phi) is 6.19. The van der Waals surface area contributed by atoms with Gasteiger partial charge in [0.2, 0.25) is 5.88 Å². The number of allylic oxidation sites excluding steroid dienone is 4. The number of hydrogen-bond acceptors (Lipinski definition) is 6. The van der Waals surface area contributed by atoms with Crippen molar-refractivity contribution in [3.63, 3.8) is 0 Å². The molecule has 0 amide bonds. The third-order valence-corrected chi connectivity index (χ3v) is 3.72. The molecule has 3 heterocycles. The molecule has 3 rings (SSSR count). The maximum atomic E-state index is 11.5. The lowest BCUT2D eigenvalue weighted by atomic mass is 10.2. The second-order valence-corrected chi connectivity index (χ2v) is 5.62. The van der Waals surface area contributed by atoms with E-state index in [1.54, 1.807) is 23.4 Å². The largest absolute Gasteiger partial charge is 0.479 e. The van der Waals surface area contributed by atoms with Crippen LogP contribution in [0.5, 0.6) is 5.88 Å². The zero-order valence-corrected chi connectivity index (χ0v) is 14.5. The van der Waals surface area contributed by atoms with Crippen LogP contribution < -0.4 is 4.74 Å². The smallest absolute Gasteiger partial charge is 0.352 e. The molecule has 0 aliphatic carbocycles. The maximum absolute atomic E-state index is 11.5. The number of aromatic nitrogens is 1. The Bertz CT molecular complexity index is 853. The molecule has 2 bridgehead atoms. The van der Waals surface area contributed by atoms with Gasteiger partial charge in [-0.05, 0) is 30.4 Å². The molecule has 1 aromatic rings. The van der Waals surface area contributed by atoms with Crippen LogP contribution in [-0.4, -0.2) is 46.6 Å². The highest BCUT2D eigenvalue weighted by molar-refractivity contribution is 5.86. The number of hydrogen-bond donors (Lipinski definition) is 1. The van der Waals surface area contributed by atoms with Crippen LogP contribution in [0, 0.1) is 0 Å². The van der Waals surface area contributed by atoms with Gasteiger partial charge in [0, 0.05) is 24.2 Å². The molecular formula is C20H19N3O4. The molecule has 7 heteroatoms. The zero-order valence-electron chi connectivity index (χ0n) is 14.5. The van der Waals surface area contributed by atoms with Crippen LogP contribution in [-0.2, 0) is 9.53 Å². The Balaban J connectivity index is 1.88. The van der Waals surface area contributed by atoms with E-state index < -0.39 is 12.1 Å². The second-order valence-electron chi connectivity index (χ2n) is 5.62. The van der Waals surface area contributed by atoms with Crippen LogP contribution in [0.3, 0.4) is 0 Å². The Morgan fingerprint density at radius 3 is 3.04 bits per heavy atom. The number of fused-ring (bicyclic) bond motifs is 3. The SMILES string of the molecule is O=C(O)C1=CC2CN1/C=C/N=C\OC/C=C/C=C/C=C\c1cccnc1O2. The lowest BCUT2D eigenvalue weighted by Crippen LogP contribution is -2.25. The van der Waals surface area contributed by atoms with Gasteiger partial charge in [0.25, 0.3) is 0 Å². The third-order valence-electron chi connectivity index (χ3n) is 3.72. The van der Waals surface area contributed by atoms with Gasteiger partial charge in [0.05, 0.1) is 6.54 Å². The molecule has 27 heavy (non-hydrogen) atoms. The number of carbonyl (C=O) groups is 1. The average molecular weight is 365 g/mol. The summed E-state index contributed by atoms with van der Waals surface area (Å²) < 4.78 is 11.1. The van der Waals surface area contributed by atoms with Gasteiger partial charge in [-0.1, -0.05) is 24.3 Å². The summed E-state index contributed by atoms with van der Waals surface area (Å²) in [5, 5.41) is 9.41. The van der Waals surface area contributed by atoms with E-state index in [1.807, 2.05) is 48.6 Å². The number of nitrogens with zero attached hydrogens (tertiary/aromatic N) is 3. The first-order valence-corrected chi connectivity index (χ1v) is 8.37. The fraction of sp³-hybridized carbons (Fsp3) is 0.150. The lowest BCUT2D eigenvalue weighted by Gasteiger charge is -2.17. The monoisotopic (exact) mass is 365 g/mol. The Morgan fingerprint density at radius 1 is 1.26 bits per heavy atom. The Labute approximate surface area is 157 Å². The molecule has 1 atom stereocenters. The van der Waals surface area contributed by atoms with Crippen molar-refractivity contribution in [3.05, 3.63) is 78.4 Å². The molecule has 1 N–H and O–H groups in total. The second kappa shape index (κ2) is 9.19. The average Bonchev–Trinajstić information content (AvgIpc) is 3.06. The summed E-state index contributed by atoms with van der Waals surface area (Å²) in [5.74, 6) is -0.588. The number of carboxylic acid groups (broad SMARTS) is 1. The van der Waals surface area contributed by atoms with Crippen molar-refractivity contribution in [1.82, 2.24) is 9.88 Å². The normalized spacial score (nSPS) is 25.4. The zero-order chi connectivity index (χ0) is 18.9. The lowest BCUT2D eigenvalue weighted by molar-refractivity contribution is -0.133. The van der Waals surface area contributed by atoms with E-state index in [2.05, 4.69) is 9.98 Å². The number of pyridine rings is 1. The Hall–Kier alpha value is -3.61. The highest BCUT2D eigenvalue weighted by Crippen LogP contribution is 2.23. The minimum absolute atomic E-state index is 0.129. The standard InChI is InChI=1S/C20H19N3O4/c24-20(25)18-13-17-14-23(18)11-10-21-15-26-12-5-3-1-2-4-7-16-8-6-9-22-19(16)27-17/h1-11,13,15,17H,12,14H2,(H,24,25)/b2-1+,5-3+,7-4-,11-10+,21-15-. The van der Waals surface area contributed by atoms with Gasteiger partial charge in [-0.2, -0.15) is 0 Å². The molecule has 0 saturated carbocycles. The van der Waals surface area contributed by atoms with E-state index in [-0.39, 0.29) is 5.70 Å². The molecule has 1 unspecified atom stereocenters. The fourth-order valence-electron chi connectivity index (χ4n) is 2.51. The predicted molar refractivity (Wildman–Crippen MR) is 102 cm³/mol. The summed E-state index contributed by atoms with van der Waals surface area (Å²) in [4.78, 5) is 21.3. The summed E-state index contributed by atoms with van der Waals surface area (Å²) in [6.07, 6.45) is 18.3. The van der Waals surface area contributed by atoms with Crippen LogP contribution in [0.2, 0.25) is 0 Å². The summed E-state index contributed by atoms with van der Waals surface area (Å²) in [7, 11) is 0. The molecule has 138 valence electrons. The van der Waals surface area contributed by atoms with Crippen LogP contribution >= 0.6 is 0 Å². The van der Waals surface area contributed by atoms with Gasteiger partial charge >= 0.3 is 5.97 Å². The minimum Gasteiger partial charge on any atom is -0.479 e. The van der Waals surface area contributed by atoms with E-state index >= 15 is 0 Å². The van der Waals surface area contributed by atoms with Gasteiger partial charge in [-0.15, -0.1) is 0 Å². The van der Waals surface area contributed by atoms with Crippen molar-refractivity contribution < 1.29 is 19.4 Å². The number of ether oxygens (including phenoxy) is 2. The van der Waals surface area contributed by atoms with E-state index in [4.69, 9.17) is 9.47 Å². The highest BCUT2D eigenvalue weighted by Gasteiger charge is 2.28. The third kappa shape index (κ3) is 5.18. The molecule has 0 aromatic carbocycles. The van der Waals surface area contributed by atoms with Crippen molar-refractivity contribution in [2.24, 2.45) is 4.99 Å². The predicted octanol–water partition coefficient (Wildman–Crippen LogP) is 2.77. The van der Waals surface area contributed by atoms with Crippen molar-refractivity contribution in [3.8, 4) is 5.88 Å². The van der Waals surface area contributed by atoms with Crippen LogP contribution in [0.15, 0.2) is 77.9 Å². The van der Waals surface area contributed by atoms with Crippen LogP contribution in [0.4, 0.5) is 0 Å². The van der Waals surface area contributed by atoms with Crippen LogP contribution in [0.1, 0.15) is 5.56 Å². The van der Waals surface area contributed by atoms with Crippen molar-refractivity contribution >= 4 is 18.4 Å². The first kappa shape index (κ1) is 18.2. The molecule has 0 radical (unpaired) electrons. The number of rotatable bonds is 1. The number of carboxylic acids is 1. The molecule has 1 aromatic heterocycles. The summed E-state index contributed by atoms with van der Waals surface area (Å²) >= 11 is 0. The molecule has 0 spiro atoms. The molecular weight excluding hydrogens is 346 g/mol. The molecule has 2 aliphatic rings. The maximum Gasteiger partial charge on any atom is 0.352 e. The van der Waals surface area contributed by atoms with Gasteiger partial charge in [-0.3, -0.25) is 0 Å². The molecule has 7 nitrogen and oxygen atoms in total. The highest BCUT2D eigenvalue weighted by atomic mass is 16.5. The van der Waals surface area contributed by atoms with Crippen molar-refractivity contribution in [2.75, 3.05) is 13.2 Å². The molecule has 0 fully saturated rings. The summed E-state index contributed by atoms with van der Waals surface area (Å²) in [6.45, 7) is 0.731. The minimum atomic E-state index is -1.03. The van der Waals surface area contributed by atoms with Gasteiger partial charge in [-0.25, -0.2) is 14.8 Å². The Morgan fingerprint density at radius 2 is 2.15 bits per heavy atom.